The number of nitrogens with zero attached hydrogens (tertiary/aromatic N) is 1. The molecule has 0 aromatic heterocycles. The van der Waals surface area contributed by atoms with Gasteiger partial charge in [0.15, 0.2) is 5.78 Å². The highest BCUT2D eigenvalue weighted by molar-refractivity contribution is 6.00. The van der Waals surface area contributed by atoms with Crippen molar-refractivity contribution in [3.63, 3.8) is 0 Å². The summed E-state index contributed by atoms with van der Waals surface area (Å²) >= 11 is 0. The number of carbonyl (C=O) groups is 1. The van der Waals surface area contributed by atoms with Crippen LogP contribution in [-0.2, 0) is 6.61 Å². The largest absolute Gasteiger partial charge is 0.502 e. The Morgan fingerprint density at radius 3 is 2.55 bits per heavy atom. The summed E-state index contributed by atoms with van der Waals surface area (Å²) in [6.45, 7) is 1.83. The first-order chi connectivity index (χ1) is 10.5. The summed E-state index contributed by atoms with van der Waals surface area (Å²) in [6.07, 6.45) is 0.132. The van der Waals surface area contributed by atoms with Gasteiger partial charge in [-0.15, -0.1) is 0 Å². The van der Waals surface area contributed by atoms with Gasteiger partial charge in [0.25, 0.3) is 0 Å². The van der Waals surface area contributed by atoms with E-state index in [4.69, 9.17) is 4.74 Å². The lowest BCUT2D eigenvalue weighted by Crippen LogP contribution is -2.02. The van der Waals surface area contributed by atoms with Crippen molar-refractivity contribution in [2.45, 2.75) is 20.0 Å². The normalized spacial score (nSPS) is 10.2. The number of nitro benzene ring substituents is 1. The van der Waals surface area contributed by atoms with Crippen molar-refractivity contribution in [3.05, 3.63) is 63.7 Å². The molecule has 0 aliphatic rings. The van der Waals surface area contributed by atoms with E-state index in [1.54, 1.807) is 6.92 Å². The van der Waals surface area contributed by atoms with Gasteiger partial charge in [0.2, 0.25) is 5.75 Å². The lowest BCUT2D eigenvalue weighted by molar-refractivity contribution is -0.386. The molecule has 0 aliphatic heterocycles. The number of phenolic OH excluding ortho intramolecular Hbond substituents is 1. The highest BCUT2D eigenvalue weighted by Crippen LogP contribution is 2.35. The van der Waals surface area contributed by atoms with Crippen LogP contribution in [0.15, 0.2) is 42.5 Å². The summed E-state index contributed by atoms with van der Waals surface area (Å²) < 4.78 is 5.51. The van der Waals surface area contributed by atoms with Crippen LogP contribution in [0.3, 0.4) is 0 Å². The van der Waals surface area contributed by atoms with E-state index in [-0.39, 0.29) is 30.1 Å². The van der Waals surface area contributed by atoms with E-state index in [0.29, 0.717) is 0 Å². The van der Waals surface area contributed by atoms with Gasteiger partial charge in [-0.2, -0.15) is 0 Å². The fourth-order valence-corrected chi connectivity index (χ4v) is 1.96. The number of ether oxygens (including phenoxy) is 1. The second-order valence-corrected chi connectivity index (χ2v) is 4.65. The fraction of sp³-hybridized carbons (Fsp3) is 0.188. The van der Waals surface area contributed by atoms with Crippen LogP contribution in [0.25, 0.3) is 0 Å². The molecule has 0 spiro atoms. The summed E-state index contributed by atoms with van der Waals surface area (Å²) in [7, 11) is 0. The number of ketones is 1. The molecule has 0 fully saturated rings. The molecule has 0 amide bonds. The highest BCUT2D eigenvalue weighted by Gasteiger charge is 2.23. The SMILES string of the molecule is CCC(=O)c1cc(OCc2ccccc2)cc([N+](=O)[O-])c1O. The number of phenols is 1. The Morgan fingerprint density at radius 2 is 1.95 bits per heavy atom. The fourth-order valence-electron chi connectivity index (χ4n) is 1.96. The number of carbonyl (C=O) groups excluding carboxylic acids is 1. The molecule has 2 aromatic carbocycles. The Bertz CT molecular complexity index is 697. The molecule has 0 heterocycles. The Morgan fingerprint density at radius 1 is 1.27 bits per heavy atom. The summed E-state index contributed by atoms with van der Waals surface area (Å²) in [5.41, 5.74) is 0.253. The average molecular weight is 301 g/mol. The topological polar surface area (TPSA) is 89.7 Å². The van der Waals surface area contributed by atoms with E-state index in [1.807, 2.05) is 30.3 Å². The van der Waals surface area contributed by atoms with Crippen LogP contribution in [-0.4, -0.2) is 15.8 Å². The first kappa shape index (κ1) is 15.5. The molecule has 0 atom stereocenters. The van der Waals surface area contributed by atoms with E-state index in [1.165, 1.54) is 6.07 Å². The molecule has 2 aromatic rings. The second kappa shape index (κ2) is 6.71. The van der Waals surface area contributed by atoms with E-state index >= 15 is 0 Å². The summed E-state index contributed by atoms with van der Waals surface area (Å²) in [5.74, 6) is -0.833. The molecule has 0 bridgehead atoms. The number of hydrogen-bond donors (Lipinski definition) is 1. The number of rotatable bonds is 6. The zero-order valence-electron chi connectivity index (χ0n) is 12.0. The number of nitro groups is 1. The van der Waals surface area contributed by atoms with Crippen LogP contribution >= 0.6 is 0 Å². The van der Waals surface area contributed by atoms with Crippen molar-refractivity contribution < 1.29 is 19.6 Å². The van der Waals surface area contributed by atoms with Crippen molar-refractivity contribution in [3.8, 4) is 11.5 Å². The minimum atomic E-state index is -0.739. The molecule has 0 radical (unpaired) electrons. The van der Waals surface area contributed by atoms with Gasteiger partial charge in [-0.25, -0.2) is 0 Å². The summed E-state index contributed by atoms with van der Waals surface area (Å²) in [6, 6.07) is 11.7. The van der Waals surface area contributed by atoms with E-state index in [9.17, 15) is 20.0 Å². The van der Waals surface area contributed by atoms with Gasteiger partial charge in [0.1, 0.15) is 12.4 Å². The summed E-state index contributed by atoms with van der Waals surface area (Å²) in [4.78, 5) is 22.0. The monoisotopic (exact) mass is 301 g/mol. The first-order valence-electron chi connectivity index (χ1n) is 6.74. The number of hydrogen-bond acceptors (Lipinski definition) is 5. The molecule has 22 heavy (non-hydrogen) atoms. The van der Waals surface area contributed by atoms with Crippen molar-refractivity contribution in [2.24, 2.45) is 0 Å². The summed E-state index contributed by atoms with van der Waals surface area (Å²) in [5, 5.41) is 20.8. The molecule has 2 rings (SSSR count). The lowest BCUT2D eigenvalue weighted by Gasteiger charge is -2.09. The molecule has 0 saturated heterocycles. The molecule has 0 saturated carbocycles. The average Bonchev–Trinajstić information content (AvgIpc) is 2.53. The number of aromatic hydroxyl groups is 1. The predicted octanol–water partition coefficient (Wildman–Crippen LogP) is 3.47. The van der Waals surface area contributed by atoms with Gasteiger partial charge < -0.3 is 9.84 Å². The first-order valence-corrected chi connectivity index (χ1v) is 6.74. The van der Waals surface area contributed by atoms with Gasteiger partial charge in [0, 0.05) is 6.42 Å². The zero-order valence-corrected chi connectivity index (χ0v) is 12.0. The third kappa shape index (κ3) is 3.41. The second-order valence-electron chi connectivity index (χ2n) is 4.65. The smallest absolute Gasteiger partial charge is 0.315 e. The molecule has 1 N–H and O–H groups in total. The predicted molar refractivity (Wildman–Crippen MR) is 80.2 cm³/mol. The molecular formula is C16H15NO5. The maximum atomic E-state index is 11.8. The maximum absolute atomic E-state index is 11.8. The Hall–Kier alpha value is -2.89. The minimum absolute atomic E-state index is 0.0974. The Labute approximate surface area is 127 Å². The molecule has 0 aliphatic carbocycles. The number of benzene rings is 2. The van der Waals surface area contributed by atoms with Crippen LogP contribution < -0.4 is 4.74 Å². The van der Waals surface area contributed by atoms with Crippen LogP contribution in [0.1, 0.15) is 29.3 Å². The third-order valence-electron chi connectivity index (χ3n) is 3.13. The third-order valence-corrected chi connectivity index (χ3v) is 3.13. The molecule has 6 heteroatoms. The van der Waals surface area contributed by atoms with Crippen LogP contribution in [0.5, 0.6) is 11.5 Å². The van der Waals surface area contributed by atoms with Crippen molar-refractivity contribution in [2.75, 3.05) is 0 Å². The van der Waals surface area contributed by atoms with Gasteiger partial charge in [-0.3, -0.25) is 14.9 Å². The standard InChI is InChI=1S/C16H15NO5/c1-2-15(18)13-8-12(9-14(16(13)19)17(20)21)22-10-11-6-4-3-5-7-11/h3-9,19H,2,10H2,1H3. The van der Waals surface area contributed by atoms with E-state index in [2.05, 4.69) is 0 Å². The number of Topliss-reactive ketones (excluding diaryl/α,β-unsaturated/α-hetero) is 1. The van der Waals surface area contributed by atoms with Gasteiger partial charge in [0.05, 0.1) is 16.6 Å². The highest BCUT2D eigenvalue weighted by atomic mass is 16.6. The maximum Gasteiger partial charge on any atom is 0.315 e. The molecule has 6 nitrogen and oxygen atoms in total. The zero-order chi connectivity index (χ0) is 16.1. The Balaban J connectivity index is 2.33. The molecular weight excluding hydrogens is 286 g/mol. The van der Waals surface area contributed by atoms with Gasteiger partial charge in [-0.1, -0.05) is 37.3 Å². The lowest BCUT2D eigenvalue weighted by atomic mass is 10.1. The van der Waals surface area contributed by atoms with Crippen LogP contribution in [0.4, 0.5) is 5.69 Å². The van der Waals surface area contributed by atoms with Crippen molar-refractivity contribution in [1.29, 1.82) is 0 Å². The van der Waals surface area contributed by atoms with Crippen molar-refractivity contribution in [1.82, 2.24) is 0 Å². The molecule has 114 valence electrons. The van der Waals surface area contributed by atoms with Crippen LogP contribution in [0, 0.1) is 10.1 Å². The van der Waals surface area contributed by atoms with E-state index < -0.39 is 16.4 Å². The van der Waals surface area contributed by atoms with Gasteiger partial charge in [-0.05, 0) is 11.6 Å². The molecule has 0 unspecified atom stereocenters. The van der Waals surface area contributed by atoms with E-state index in [0.717, 1.165) is 11.6 Å². The Kier molecular flexibility index (Phi) is 4.73. The van der Waals surface area contributed by atoms with Gasteiger partial charge >= 0.3 is 5.69 Å². The quantitative estimate of drug-likeness (QED) is 0.501. The minimum Gasteiger partial charge on any atom is -0.502 e. The van der Waals surface area contributed by atoms with Crippen molar-refractivity contribution >= 4 is 11.5 Å². The van der Waals surface area contributed by atoms with Crippen LogP contribution in [0.2, 0.25) is 0 Å².